The molecule has 0 fully saturated rings. The quantitative estimate of drug-likeness (QED) is 0.256. The molecule has 7 nitrogen and oxygen atoms in total. The Hall–Kier alpha value is -4.11. The molecule has 0 saturated carbocycles. The normalized spacial score (nSPS) is 11.5. The van der Waals surface area contributed by atoms with Crippen molar-refractivity contribution in [2.45, 2.75) is 32.2 Å². The van der Waals surface area contributed by atoms with Gasteiger partial charge < -0.3 is 10.1 Å². The van der Waals surface area contributed by atoms with Gasteiger partial charge in [-0.25, -0.2) is 4.39 Å². The summed E-state index contributed by atoms with van der Waals surface area (Å²) in [5.41, 5.74) is 2.01. The summed E-state index contributed by atoms with van der Waals surface area (Å²) in [5.74, 6) is -0.448. The van der Waals surface area contributed by atoms with Crippen molar-refractivity contribution in [3.05, 3.63) is 95.8 Å². The van der Waals surface area contributed by atoms with Crippen LogP contribution in [0.2, 0.25) is 0 Å². The number of nitrogens with one attached hydrogen (secondary N) is 2. The van der Waals surface area contributed by atoms with Crippen molar-refractivity contribution in [2.75, 3.05) is 11.9 Å². The van der Waals surface area contributed by atoms with Crippen LogP contribution in [0.4, 0.5) is 9.52 Å². The van der Waals surface area contributed by atoms with Crippen LogP contribution in [0.1, 0.15) is 35.7 Å². The van der Waals surface area contributed by atoms with Crippen LogP contribution in [0.5, 0.6) is 5.75 Å². The van der Waals surface area contributed by atoms with Crippen LogP contribution in [0.15, 0.2) is 78.9 Å². The van der Waals surface area contributed by atoms with E-state index in [1.54, 1.807) is 36.4 Å². The molecule has 4 rings (SSSR count). The molecule has 0 aliphatic carbocycles. The van der Waals surface area contributed by atoms with E-state index in [9.17, 15) is 14.0 Å². The first-order valence-electron chi connectivity index (χ1n) is 12.0. The Kier molecular flexibility index (Phi) is 8.93. The Bertz CT molecular complexity index is 1310. The zero-order valence-electron chi connectivity index (χ0n) is 20.3. The number of rotatable bonds is 11. The summed E-state index contributed by atoms with van der Waals surface area (Å²) < 4.78 is 18.9. The number of anilines is 1. The molecule has 2 amide bonds. The second kappa shape index (κ2) is 12.7. The van der Waals surface area contributed by atoms with Crippen LogP contribution in [0, 0.1) is 5.82 Å². The van der Waals surface area contributed by atoms with Crippen LogP contribution in [-0.4, -0.2) is 34.7 Å². The first kappa shape index (κ1) is 26.0. The van der Waals surface area contributed by atoms with E-state index in [-0.39, 0.29) is 16.9 Å². The number of benzene rings is 3. The van der Waals surface area contributed by atoms with E-state index in [0.717, 1.165) is 18.4 Å². The number of amides is 2. The van der Waals surface area contributed by atoms with Gasteiger partial charge in [-0.3, -0.25) is 14.9 Å². The highest BCUT2D eigenvalue weighted by Crippen LogP contribution is 2.26. The molecule has 4 aromatic rings. The summed E-state index contributed by atoms with van der Waals surface area (Å²) in [5, 5.41) is 14.5. The first-order valence-corrected chi connectivity index (χ1v) is 12.8. The molecule has 0 spiro atoms. The number of aromatic nitrogens is 2. The lowest BCUT2D eigenvalue weighted by atomic mass is 10.0. The number of hydrogen-bond acceptors (Lipinski definition) is 6. The van der Waals surface area contributed by atoms with E-state index >= 15 is 0 Å². The van der Waals surface area contributed by atoms with Gasteiger partial charge in [-0.2, -0.15) is 0 Å². The molecule has 0 aliphatic heterocycles. The van der Waals surface area contributed by atoms with E-state index in [2.05, 4.69) is 27.8 Å². The van der Waals surface area contributed by atoms with Crippen molar-refractivity contribution < 1.29 is 18.7 Å². The van der Waals surface area contributed by atoms with E-state index in [1.165, 1.54) is 23.5 Å². The average Bonchev–Trinajstić information content (AvgIpc) is 3.38. The molecule has 1 heterocycles. The number of halogens is 1. The number of carbonyl (C=O) groups excluding carboxylic acids is 2. The molecule has 0 saturated heterocycles. The van der Waals surface area contributed by atoms with Gasteiger partial charge in [-0.1, -0.05) is 55.0 Å². The lowest BCUT2D eigenvalue weighted by Crippen LogP contribution is -2.45. The molecule has 37 heavy (non-hydrogen) atoms. The largest absolute Gasteiger partial charge is 0.494 e. The standard InChI is InChI=1S/C28H27FN4O3S/c1-2-3-17-36-23-15-11-20(12-16-23)25(34)30-24(18-19-7-5-4-6-8-19)26(35)31-28-33-32-27(37-28)21-9-13-22(29)14-10-21/h4-16,24H,2-3,17-18H2,1H3,(H,30,34)(H,31,33,35)/t24-/m1/s1. The molecule has 1 atom stereocenters. The maximum atomic E-state index is 13.2. The summed E-state index contributed by atoms with van der Waals surface area (Å²) >= 11 is 1.17. The molecule has 1 aromatic heterocycles. The molecule has 3 aromatic carbocycles. The number of carbonyl (C=O) groups is 2. The predicted molar refractivity (Wildman–Crippen MR) is 142 cm³/mol. The summed E-state index contributed by atoms with van der Waals surface area (Å²) in [7, 11) is 0. The number of nitrogens with zero attached hydrogens (tertiary/aromatic N) is 2. The van der Waals surface area contributed by atoms with Crippen molar-refractivity contribution in [1.29, 1.82) is 0 Å². The number of ether oxygens (including phenoxy) is 1. The van der Waals surface area contributed by atoms with Gasteiger partial charge in [0.2, 0.25) is 11.0 Å². The molecule has 0 aliphatic rings. The van der Waals surface area contributed by atoms with E-state index < -0.39 is 11.9 Å². The monoisotopic (exact) mass is 518 g/mol. The van der Waals surface area contributed by atoms with E-state index in [0.29, 0.717) is 34.9 Å². The van der Waals surface area contributed by atoms with Crippen molar-refractivity contribution in [1.82, 2.24) is 15.5 Å². The van der Waals surface area contributed by atoms with Gasteiger partial charge in [0, 0.05) is 17.5 Å². The summed E-state index contributed by atoms with van der Waals surface area (Å²) in [6, 6.07) is 21.3. The van der Waals surface area contributed by atoms with Crippen molar-refractivity contribution in [2.24, 2.45) is 0 Å². The maximum Gasteiger partial charge on any atom is 0.251 e. The summed E-state index contributed by atoms with van der Waals surface area (Å²) in [6.07, 6.45) is 2.29. The highest BCUT2D eigenvalue weighted by Gasteiger charge is 2.23. The van der Waals surface area contributed by atoms with Gasteiger partial charge in [0.25, 0.3) is 5.91 Å². The number of hydrogen-bond donors (Lipinski definition) is 2. The highest BCUT2D eigenvalue weighted by atomic mass is 32.1. The van der Waals surface area contributed by atoms with Crippen LogP contribution < -0.4 is 15.4 Å². The van der Waals surface area contributed by atoms with Crippen LogP contribution in [0.3, 0.4) is 0 Å². The fourth-order valence-electron chi connectivity index (χ4n) is 3.51. The zero-order valence-corrected chi connectivity index (χ0v) is 21.1. The molecular formula is C28H27FN4O3S. The third-order valence-corrected chi connectivity index (χ3v) is 6.42. The molecule has 0 unspecified atom stereocenters. The van der Waals surface area contributed by atoms with Gasteiger partial charge in [-0.05, 0) is 60.5 Å². The molecular weight excluding hydrogens is 491 g/mol. The smallest absolute Gasteiger partial charge is 0.251 e. The van der Waals surface area contributed by atoms with Crippen LogP contribution >= 0.6 is 11.3 Å². The fraction of sp³-hybridized carbons (Fsp3) is 0.214. The Labute approximate surface area is 218 Å². The Balaban J connectivity index is 1.45. The summed E-state index contributed by atoms with van der Waals surface area (Å²) in [6.45, 7) is 2.71. The van der Waals surface area contributed by atoms with Gasteiger partial charge >= 0.3 is 0 Å². The van der Waals surface area contributed by atoms with Crippen molar-refractivity contribution in [3.8, 4) is 16.3 Å². The highest BCUT2D eigenvalue weighted by molar-refractivity contribution is 7.18. The number of unbranched alkanes of at least 4 members (excludes halogenated alkanes) is 1. The molecule has 0 radical (unpaired) electrons. The van der Waals surface area contributed by atoms with Gasteiger partial charge in [-0.15, -0.1) is 10.2 Å². The van der Waals surface area contributed by atoms with E-state index in [1.807, 2.05) is 30.3 Å². The molecule has 2 N–H and O–H groups in total. The second-order valence-corrected chi connectivity index (χ2v) is 9.33. The summed E-state index contributed by atoms with van der Waals surface area (Å²) in [4.78, 5) is 26.2. The maximum absolute atomic E-state index is 13.2. The Morgan fingerprint density at radius 1 is 0.973 bits per heavy atom. The third-order valence-electron chi connectivity index (χ3n) is 5.53. The zero-order chi connectivity index (χ0) is 26.0. The molecule has 0 bridgehead atoms. The second-order valence-electron chi connectivity index (χ2n) is 8.35. The first-order chi connectivity index (χ1) is 18.0. The van der Waals surface area contributed by atoms with Gasteiger partial charge in [0.05, 0.1) is 6.61 Å². The molecule has 190 valence electrons. The average molecular weight is 519 g/mol. The minimum absolute atomic E-state index is 0.283. The minimum Gasteiger partial charge on any atom is -0.494 e. The third kappa shape index (κ3) is 7.44. The minimum atomic E-state index is -0.853. The van der Waals surface area contributed by atoms with Crippen LogP contribution in [-0.2, 0) is 11.2 Å². The van der Waals surface area contributed by atoms with E-state index in [4.69, 9.17) is 4.74 Å². The fourth-order valence-corrected chi connectivity index (χ4v) is 4.26. The molecule has 9 heteroatoms. The topological polar surface area (TPSA) is 93.2 Å². The van der Waals surface area contributed by atoms with Crippen LogP contribution in [0.25, 0.3) is 10.6 Å². The van der Waals surface area contributed by atoms with Gasteiger partial charge in [0.15, 0.2) is 0 Å². The predicted octanol–water partition coefficient (Wildman–Crippen LogP) is 5.50. The van der Waals surface area contributed by atoms with Crippen molar-refractivity contribution >= 4 is 28.3 Å². The van der Waals surface area contributed by atoms with Crippen molar-refractivity contribution in [3.63, 3.8) is 0 Å². The van der Waals surface area contributed by atoms with Gasteiger partial charge in [0.1, 0.15) is 22.6 Å². The lowest BCUT2D eigenvalue weighted by molar-refractivity contribution is -0.118. The Morgan fingerprint density at radius 2 is 1.70 bits per heavy atom. The SMILES string of the molecule is CCCCOc1ccc(C(=O)N[C@H](Cc2ccccc2)C(=O)Nc2nnc(-c3ccc(F)cc3)s2)cc1. The lowest BCUT2D eigenvalue weighted by Gasteiger charge is -2.18. The Morgan fingerprint density at radius 3 is 2.41 bits per heavy atom.